The number of rotatable bonds is 5. The number of carbonyl (C=O) groups is 1. The number of nitrogen functional groups attached to an aromatic ring is 1. The summed E-state index contributed by atoms with van der Waals surface area (Å²) in [5.74, 6) is 0.152. The van der Waals surface area contributed by atoms with Gasteiger partial charge in [0.25, 0.3) is 0 Å². The summed E-state index contributed by atoms with van der Waals surface area (Å²) in [6.07, 6.45) is 1.55. The monoisotopic (exact) mass is 299 g/mol. The van der Waals surface area contributed by atoms with Gasteiger partial charge in [-0.1, -0.05) is 12.1 Å². The highest BCUT2D eigenvalue weighted by atomic mass is 16.5. The van der Waals surface area contributed by atoms with Crippen LogP contribution < -0.4 is 15.2 Å². The van der Waals surface area contributed by atoms with Crippen LogP contribution in [0.2, 0.25) is 0 Å². The minimum absolute atomic E-state index is 0.145. The predicted octanol–water partition coefficient (Wildman–Crippen LogP) is 2.91. The maximum atomic E-state index is 11.6. The van der Waals surface area contributed by atoms with Crippen LogP contribution in [0.1, 0.15) is 11.1 Å². The molecule has 3 N–H and O–H groups in total. The van der Waals surface area contributed by atoms with Gasteiger partial charge in [-0.15, -0.1) is 0 Å². The zero-order valence-corrected chi connectivity index (χ0v) is 12.4. The number of ether oxygens (including phenoxy) is 2. The van der Waals surface area contributed by atoms with Gasteiger partial charge >= 0.3 is 5.97 Å². The SMILES string of the molecule is COc1ccc(OC)c(/C=C(\C(=O)O)c2ccc(N)cc2)c1. The van der Waals surface area contributed by atoms with Crippen LogP contribution in [-0.2, 0) is 4.79 Å². The van der Waals surface area contributed by atoms with E-state index in [0.717, 1.165) is 0 Å². The Morgan fingerprint density at radius 2 is 1.77 bits per heavy atom. The normalized spacial score (nSPS) is 11.1. The van der Waals surface area contributed by atoms with Crippen LogP contribution in [0, 0.1) is 0 Å². The Morgan fingerprint density at radius 1 is 1.09 bits per heavy atom. The fourth-order valence-electron chi connectivity index (χ4n) is 2.04. The molecule has 0 saturated carbocycles. The van der Waals surface area contributed by atoms with E-state index in [0.29, 0.717) is 28.3 Å². The molecule has 0 aromatic heterocycles. The third-order valence-electron chi connectivity index (χ3n) is 3.19. The Labute approximate surface area is 128 Å². The van der Waals surface area contributed by atoms with Gasteiger partial charge in [-0.05, 0) is 42.0 Å². The Hall–Kier alpha value is -2.95. The highest BCUT2D eigenvalue weighted by Gasteiger charge is 2.12. The van der Waals surface area contributed by atoms with Crippen molar-refractivity contribution in [1.29, 1.82) is 0 Å². The van der Waals surface area contributed by atoms with E-state index >= 15 is 0 Å². The molecule has 2 aromatic rings. The van der Waals surface area contributed by atoms with Gasteiger partial charge in [0.15, 0.2) is 0 Å². The molecule has 0 aliphatic carbocycles. The lowest BCUT2D eigenvalue weighted by Crippen LogP contribution is -2.00. The molecular formula is C17H17NO4. The van der Waals surface area contributed by atoms with Gasteiger partial charge in [-0.2, -0.15) is 0 Å². The standard InChI is InChI=1S/C17H17NO4/c1-21-14-7-8-16(22-2)12(9-14)10-15(17(19)20)11-3-5-13(18)6-4-11/h3-10H,18H2,1-2H3,(H,19,20)/b15-10-. The maximum Gasteiger partial charge on any atom is 0.336 e. The number of carboxylic acids is 1. The number of carboxylic acid groups (broad SMARTS) is 1. The lowest BCUT2D eigenvalue weighted by atomic mass is 10.0. The van der Waals surface area contributed by atoms with E-state index in [4.69, 9.17) is 15.2 Å². The van der Waals surface area contributed by atoms with Crippen LogP contribution in [0.25, 0.3) is 11.6 Å². The van der Waals surface area contributed by atoms with Gasteiger partial charge < -0.3 is 20.3 Å². The number of aliphatic carboxylic acids is 1. The fraction of sp³-hybridized carbons (Fsp3) is 0.118. The van der Waals surface area contributed by atoms with Crippen molar-refractivity contribution >= 4 is 23.3 Å². The van der Waals surface area contributed by atoms with Gasteiger partial charge in [0.2, 0.25) is 0 Å². The molecule has 0 saturated heterocycles. The first kappa shape index (κ1) is 15.4. The molecule has 0 heterocycles. The van der Waals surface area contributed by atoms with Crippen LogP contribution >= 0.6 is 0 Å². The first-order chi connectivity index (χ1) is 10.5. The van der Waals surface area contributed by atoms with E-state index in [9.17, 15) is 9.90 Å². The minimum Gasteiger partial charge on any atom is -0.497 e. The number of methoxy groups -OCH3 is 2. The molecule has 22 heavy (non-hydrogen) atoms. The van der Waals surface area contributed by atoms with Crippen molar-refractivity contribution in [3.8, 4) is 11.5 Å². The van der Waals surface area contributed by atoms with Crippen LogP contribution in [0.3, 0.4) is 0 Å². The Balaban J connectivity index is 2.55. The van der Waals surface area contributed by atoms with E-state index in [1.165, 1.54) is 7.11 Å². The molecule has 0 fully saturated rings. The van der Waals surface area contributed by atoms with Crippen molar-refractivity contribution in [2.45, 2.75) is 0 Å². The van der Waals surface area contributed by atoms with Gasteiger partial charge in [0, 0.05) is 11.3 Å². The second-order valence-electron chi connectivity index (χ2n) is 4.59. The zero-order chi connectivity index (χ0) is 16.1. The third-order valence-corrected chi connectivity index (χ3v) is 3.19. The lowest BCUT2D eigenvalue weighted by Gasteiger charge is -2.09. The van der Waals surface area contributed by atoms with Crippen LogP contribution in [0.15, 0.2) is 42.5 Å². The molecule has 5 heteroatoms. The van der Waals surface area contributed by atoms with Gasteiger partial charge in [0.05, 0.1) is 19.8 Å². The summed E-state index contributed by atoms with van der Waals surface area (Å²) >= 11 is 0. The summed E-state index contributed by atoms with van der Waals surface area (Å²) in [4.78, 5) is 11.6. The summed E-state index contributed by atoms with van der Waals surface area (Å²) in [7, 11) is 3.08. The summed E-state index contributed by atoms with van der Waals surface area (Å²) in [6.45, 7) is 0. The number of anilines is 1. The lowest BCUT2D eigenvalue weighted by molar-refractivity contribution is -0.130. The van der Waals surface area contributed by atoms with Gasteiger partial charge in [0.1, 0.15) is 11.5 Å². The Morgan fingerprint density at radius 3 is 2.32 bits per heavy atom. The molecule has 5 nitrogen and oxygen atoms in total. The average Bonchev–Trinajstić information content (AvgIpc) is 2.53. The smallest absolute Gasteiger partial charge is 0.336 e. The molecule has 114 valence electrons. The molecular weight excluding hydrogens is 282 g/mol. The summed E-state index contributed by atoms with van der Waals surface area (Å²) in [6, 6.07) is 11.9. The summed E-state index contributed by atoms with van der Waals surface area (Å²) < 4.78 is 10.4. The Kier molecular flexibility index (Phi) is 4.68. The zero-order valence-electron chi connectivity index (χ0n) is 12.4. The van der Waals surface area contributed by atoms with Crippen molar-refractivity contribution in [2.24, 2.45) is 0 Å². The molecule has 0 spiro atoms. The van der Waals surface area contributed by atoms with Crippen molar-refractivity contribution in [2.75, 3.05) is 20.0 Å². The van der Waals surface area contributed by atoms with Crippen LogP contribution in [0.5, 0.6) is 11.5 Å². The Bertz CT molecular complexity index is 705. The van der Waals surface area contributed by atoms with E-state index in [2.05, 4.69) is 0 Å². The maximum absolute atomic E-state index is 11.6. The second kappa shape index (κ2) is 6.67. The molecule has 0 radical (unpaired) electrons. The molecule has 0 atom stereocenters. The molecule has 0 amide bonds. The molecule has 0 unspecified atom stereocenters. The summed E-state index contributed by atoms with van der Waals surface area (Å²) in [5.41, 5.74) is 7.54. The quantitative estimate of drug-likeness (QED) is 0.504. The fourth-order valence-corrected chi connectivity index (χ4v) is 2.04. The number of hydrogen-bond donors (Lipinski definition) is 2. The molecule has 0 aliphatic rings. The van der Waals surface area contributed by atoms with E-state index in [1.807, 2.05) is 0 Å². The van der Waals surface area contributed by atoms with Gasteiger partial charge in [-0.25, -0.2) is 4.79 Å². The number of nitrogens with two attached hydrogens (primary N) is 1. The van der Waals surface area contributed by atoms with Crippen LogP contribution in [-0.4, -0.2) is 25.3 Å². The molecule has 2 rings (SSSR count). The van der Waals surface area contributed by atoms with Crippen molar-refractivity contribution in [3.63, 3.8) is 0 Å². The first-order valence-corrected chi connectivity index (χ1v) is 6.58. The van der Waals surface area contributed by atoms with E-state index in [1.54, 1.807) is 55.7 Å². The third kappa shape index (κ3) is 3.38. The van der Waals surface area contributed by atoms with Crippen LogP contribution in [0.4, 0.5) is 5.69 Å². The molecule has 0 bridgehead atoms. The van der Waals surface area contributed by atoms with E-state index in [-0.39, 0.29) is 5.57 Å². The van der Waals surface area contributed by atoms with Crippen molar-refractivity contribution < 1.29 is 19.4 Å². The second-order valence-corrected chi connectivity index (χ2v) is 4.59. The van der Waals surface area contributed by atoms with E-state index < -0.39 is 5.97 Å². The average molecular weight is 299 g/mol. The number of hydrogen-bond acceptors (Lipinski definition) is 4. The molecule has 0 aliphatic heterocycles. The largest absolute Gasteiger partial charge is 0.497 e. The highest BCUT2D eigenvalue weighted by molar-refractivity contribution is 6.20. The van der Waals surface area contributed by atoms with Gasteiger partial charge in [-0.3, -0.25) is 0 Å². The number of benzene rings is 2. The molecule has 2 aromatic carbocycles. The predicted molar refractivity (Wildman–Crippen MR) is 85.9 cm³/mol. The first-order valence-electron chi connectivity index (χ1n) is 6.58. The topological polar surface area (TPSA) is 81.8 Å². The highest BCUT2D eigenvalue weighted by Crippen LogP contribution is 2.28. The minimum atomic E-state index is -1.03. The van der Waals surface area contributed by atoms with Crippen molar-refractivity contribution in [3.05, 3.63) is 53.6 Å². The summed E-state index contributed by atoms with van der Waals surface area (Å²) in [5, 5.41) is 9.48. The van der Waals surface area contributed by atoms with Crippen molar-refractivity contribution in [1.82, 2.24) is 0 Å².